The summed E-state index contributed by atoms with van der Waals surface area (Å²) in [6.45, 7) is 4.11. The molecule has 1 N–H and O–H groups in total. The van der Waals surface area contributed by atoms with E-state index in [1.807, 2.05) is 30.3 Å². The van der Waals surface area contributed by atoms with Crippen molar-refractivity contribution >= 4 is 15.7 Å². The zero-order chi connectivity index (χ0) is 18.8. The topological polar surface area (TPSA) is 41.8 Å². The van der Waals surface area contributed by atoms with Gasteiger partial charge in [0.25, 0.3) is 10.0 Å². The standard InChI is InChI=1S/C22H26N2O2S/c1-15-6-9-21-19(12-15)20-14-23(2)11-10-22(20)24(21)27(25,26)18-8-7-16-4-3-5-17(16)13-18/h6-9,12-13,20,22H,3-5,10-11,14H2,1-2H3/p+1/t20-,22+/m1/s1. The maximum Gasteiger partial charge on any atom is 0.264 e. The normalized spacial score (nSPS) is 26.6. The van der Waals surface area contributed by atoms with E-state index >= 15 is 0 Å². The highest BCUT2D eigenvalue weighted by Crippen LogP contribution is 2.46. The van der Waals surface area contributed by atoms with Crippen molar-refractivity contribution in [3.05, 3.63) is 58.7 Å². The van der Waals surface area contributed by atoms with Gasteiger partial charge in [0.05, 0.1) is 42.7 Å². The van der Waals surface area contributed by atoms with Crippen LogP contribution in [-0.2, 0) is 22.9 Å². The van der Waals surface area contributed by atoms with Gasteiger partial charge in [0.15, 0.2) is 0 Å². The third-order valence-electron chi connectivity index (χ3n) is 6.65. The van der Waals surface area contributed by atoms with E-state index in [4.69, 9.17) is 0 Å². The van der Waals surface area contributed by atoms with Crippen LogP contribution in [0.2, 0.25) is 0 Å². The molecule has 0 aromatic heterocycles. The van der Waals surface area contributed by atoms with E-state index in [-0.39, 0.29) is 12.0 Å². The number of hydrogen-bond donors (Lipinski definition) is 1. The molecule has 0 saturated carbocycles. The number of hydrogen-bond acceptors (Lipinski definition) is 2. The fourth-order valence-electron chi connectivity index (χ4n) is 5.29. The van der Waals surface area contributed by atoms with Gasteiger partial charge >= 0.3 is 0 Å². The molecule has 5 rings (SSSR count). The molecule has 5 heteroatoms. The lowest BCUT2D eigenvalue weighted by Crippen LogP contribution is -3.11. The summed E-state index contributed by atoms with van der Waals surface area (Å²) >= 11 is 0. The second-order valence-corrected chi connectivity index (χ2v) is 10.3. The molecule has 1 saturated heterocycles. The summed E-state index contributed by atoms with van der Waals surface area (Å²) < 4.78 is 29.2. The molecular weight excluding hydrogens is 356 g/mol. The van der Waals surface area contributed by atoms with Gasteiger partial charge < -0.3 is 4.90 Å². The summed E-state index contributed by atoms with van der Waals surface area (Å²) in [5, 5.41) is 0. The van der Waals surface area contributed by atoms with Gasteiger partial charge in [-0.2, -0.15) is 0 Å². The largest absolute Gasteiger partial charge is 0.337 e. The Hall–Kier alpha value is -1.85. The predicted octanol–water partition coefficient (Wildman–Crippen LogP) is 2.06. The molecule has 3 atom stereocenters. The van der Waals surface area contributed by atoms with Crippen LogP contribution < -0.4 is 9.21 Å². The average molecular weight is 384 g/mol. The van der Waals surface area contributed by atoms with E-state index in [0.29, 0.717) is 4.90 Å². The van der Waals surface area contributed by atoms with E-state index in [2.05, 4.69) is 20.0 Å². The smallest absolute Gasteiger partial charge is 0.264 e. The first kappa shape index (κ1) is 17.3. The number of sulfonamides is 1. The highest BCUT2D eigenvalue weighted by molar-refractivity contribution is 7.92. The molecule has 2 aromatic carbocycles. The zero-order valence-corrected chi connectivity index (χ0v) is 16.8. The third-order valence-corrected chi connectivity index (χ3v) is 8.48. The first-order valence-corrected chi connectivity index (χ1v) is 11.5. The second-order valence-electron chi connectivity index (χ2n) is 8.52. The van der Waals surface area contributed by atoms with Gasteiger partial charge in [-0.15, -0.1) is 0 Å². The molecule has 3 aliphatic rings. The number of fused-ring (bicyclic) bond motifs is 4. The van der Waals surface area contributed by atoms with Crippen LogP contribution in [0.5, 0.6) is 0 Å². The summed E-state index contributed by atoms with van der Waals surface area (Å²) in [4.78, 5) is 1.95. The van der Waals surface area contributed by atoms with Crippen LogP contribution in [0.4, 0.5) is 5.69 Å². The van der Waals surface area contributed by atoms with Crippen LogP contribution in [0.1, 0.15) is 41.0 Å². The minimum absolute atomic E-state index is 0.0451. The zero-order valence-electron chi connectivity index (χ0n) is 16.0. The summed E-state index contributed by atoms with van der Waals surface area (Å²) in [7, 11) is -1.34. The second kappa shape index (κ2) is 6.08. The highest BCUT2D eigenvalue weighted by Gasteiger charge is 2.48. The van der Waals surface area contributed by atoms with Gasteiger partial charge in [-0.1, -0.05) is 23.8 Å². The van der Waals surface area contributed by atoms with E-state index in [1.54, 1.807) is 4.31 Å². The Balaban J connectivity index is 1.63. The summed E-state index contributed by atoms with van der Waals surface area (Å²) in [6.07, 6.45) is 4.11. The van der Waals surface area contributed by atoms with Crippen LogP contribution in [0.25, 0.3) is 0 Å². The third kappa shape index (κ3) is 2.63. The van der Waals surface area contributed by atoms with Gasteiger partial charge in [0.1, 0.15) is 0 Å². The Kier molecular flexibility index (Phi) is 3.89. The number of benzene rings is 2. The van der Waals surface area contributed by atoms with Gasteiger partial charge in [-0.05, 0) is 61.1 Å². The van der Waals surface area contributed by atoms with Crippen LogP contribution >= 0.6 is 0 Å². The van der Waals surface area contributed by atoms with Gasteiger partial charge in [0.2, 0.25) is 0 Å². The predicted molar refractivity (Wildman–Crippen MR) is 107 cm³/mol. The lowest BCUT2D eigenvalue weighted by Gasteiger charge is -2.34. The maximum atomic E-state index is 13.7. The van der Waals surface area contributed by atoms with Crippen molar-refractivity contribution in [2.24, 2.45) is 0 Å². The minimum atomic E-state index is -3.55. The Bertz CT molecular complexity index is 1010. The van der Waals surface area contributed by atoms with Crippen LogP contribution in [0.15, 0.2) is 41.3 Å². The Morgan fingerprint density at radius 3 is 2.74 bits per heavy atom. The van der Waals surface area contributed by atoms with E-state index in [9.17, 15) is 8.42 Å². The lowest BCUT2D eigenvalue weighted by molar-refractivity contribution is -0.886. The highest BCUT2D eigenvalue weighted by atomic mass is 32.2. The number of rotatable bonds is 2. The molecule has 2 aromatic rings. The Morgan fingerprint density at radius 2 is 1.89 bits per heavy atom. The van der Waals surface area contributed by atoms with Crippen LogP contribution in [0.3, 0.4) is 0 Å². The maximum absolute atomic E-state index is 13.7. The van der Waals surface area contributed by atoms with Crippen LogP contribution in [0, 0.1) is 6.92 Å². The Labute approximate surface area is 161 Å². The van der Waals surface area contributed by atoms with Crippen molar-refractivity contribution in [3.8, 4) is 0 Å². The fraction of sp³-hybridized carbons (Fsp3) is 0.455. The van der Waals surface area contributed by atoms with Crippen LogP contribution in [-0.4, -0.2) is 34.6 Å². The number of piperidine rings is 1. The van der Waals surface area contributed by atoms with Crippen molar-refractivity contribution in [3.63, 3.8) is 0 Å². The molecular formula is C22H27N2O2S+. The molecule has 1 fully saturated rings. The average Bonchev–Trinajstić information content (AvgIpc) is 3.23. The molecule has 1 unspecified atom stereocenters. The van der Waals surface area contributed by atoms with Crippen molar-refractivity contribution in [2.45, 2.75) is 49.5 Å². The lowest BCUT2D eigenvalue weighted by atomic mass is 9.89. The molecule has 4 nitrogen and oxygen atoms in total. The first-order chi connectivity index (χ1) is 12.9. The number of quaternary nitrogens is 1. The number of likely N-dealkylation sites (tertiary alicyclic amines) is 1. The van der Waals surface area contributed by atoms with Gasteiger partial charge in [-0.25, -0.2) is 8.42 Å². The Morgan fingerprint density at radius 1 is 1.07 bits per heavy atom. The molecule has 2 heterocycles. The summed E-state index contributed by atoms with van der Waals surface area (Å²) in [5.41, 5.74) is 5.83. The monoisotopic (exact) mass is 383 g/mol. The molecule has 0 spiro atoms. The van der Waals surface area contributed by atoms with Crippen molar-refractivity contribution in [1.29, 1.82) is 0 Å². The molecule has 2 aliphatic heterocycles. The van der Waals surface area contributed by atoms with Crippen molar-refractivity contribution in [2.75, 3.05) is 24.4 Å². The van der Waals surface area contributed by atoms with E-state index in [1.165, 1.54) is 27.2 Å². The van der Waals surface area contributed by atoms with Crippen molar-refractivity contribution < 1.29 is 13.3 Å². The molecule has 0 radical (unpaired) electrons. The first-order valence-electron chi connectivity index (χ1n) is 10.0. The molecule has 0 bridgehead atoms. The fourth-order valence-corrected chi connectivity index (χ4v) is 7.08. The quantitative estimate of drug-likeness (QED) is 0.863. The number of nitrogens with zero attached hydrogens (tertiary/aromatic N) is 1. The van der Waals surface area contributed by atoms with Crippen molar-refractivity contribution in [1.82, 2.24) is 0 Å². The number of anilines is 1. The summed E-state index contributed by atoms with van der Waals surface area (Å²) in [5.74, 6) is 0.290. The van der Waals surface area contributed by atoms with E-state index in [0.717, 1.165) is 44.5 Å². The molecule has 0 amide bonds. The summed E-state index contributed by atoms with van der Waals surface area (Å²) in [6, 6.07) is 12.1. The van der Waals surface area contributed by atoms with Gasteiger partial charge in [-0.3, -0.25) is 4.31 Å². The molecule has 27 heavy (non-hydrogen) atoms. The van der Waals surface area contributed by atoms with Gasteiger partial charge in [0, 0.05) is 6.42 Å². The molecule has 142 valence electrons. The SMILES string of the molecule is Cc1ccc2c(c1)[C@H]1C[NH+](C)CC[C@@H]1N2S(=O)(=O)c1ccc2c(c1)CCC2. The minimum Gasteiger partial charge on any atom is -0.337 e. The molecule has 1 aliphatic carbocycles. The van der Waals surface area contributed by atoms with E-state index < -0.39 is 10.0 Å². The number of nitrogens with one attached hydrogen (secondary N) is 1. The number of likely N-dealkylation sites (N-methyl/N-ethyl adjacent to an activating group) is 1. The number of aryl methyl sites for hydroxylation is 3.